The van der Waals surface area contributed by atoms with E-state index in [1.165, 1.54) is 12.1 Å². The van der Waals surface area contributed by atoms with Crippen LogP contribution in [0.2, 0.25) is 5.02 Å². The highest BCUT2D eigenvalue weighted by Gasteiger charge is 2.28. The zero-order chi connectivity index (χ0) is 20.2. The molecule has 1 saturated heterocycles. The first-order chi connectivity index (χ1) is 14.1. The van der Waals surface area contributed by atoms with E-state index in [1.807, 2.05) is 0 Å². The molecule has 8 nitrogen and oxygen atoms in total. The fourth-order valence-corrected chi connectivity index (χ4v) is 3.31. The Balaban J connectivity index is 0.00000256. The molecule has 160 valence electrons. The van der Waals surface area contributed by atoms with Crippen molar-refractivity contribution >= 4 is 24.0 Å². The molecule has 1 aromatic carbocycles. The van der Waals surface area contributed by atoms with E-state index in [1.54, 1.807) is 24.4 Å². The van der Waals surface area contributed by atoms with Crippen molar-refractivity contribution in [2.24, 2.45) is 5.92 Å². The lowest BCUT2D eigenvalue weighted by Gasteiger charge is -2.25. The lowest BCUT2D eigenvalue weighted by molar-refractivity contribution is 0.0146. The average Bonchev–Trinajstić information content (AvgIpc) is 3.02. The Morgan fingerprint density at radius 3 is 2.97 bits per heavy atom. The molecular weight excluding hydrogens is 438 g/mol. The van der Waals surface area contributed by atoms with Gasteiger partial charge in [0, 0.05) is 25.2 Å². The van der Waals surface area contributed by atoms with Crippen LogP contribution in [0.25, 0.3) is 11.5 Å². The first-order valence-corrected chi connectivity index (χ1v) is 9.40. The van der Waals surface area contributed by atoms with Crippen molar-refractivity contribution < 1.29 is 18.3 Å². The molecule has 0 amide bonds. The van der Waals surface area contributed by atoms with Crippen molar-refractivity contribution in [2.75, 3.05) is 26.3 Å². The Labute approximate surface area is 182 Å². The van der Waals surface area contributed by atoms with Crippen LogP contribution in [0.15, 0.2) is 45.7 Å². The van der Waals surface area contributed by atoms with E-state index in [2.05, 4.69) is 20.5 Å². The highest BCUT2D eigenvalue weighted by atomic mass is 35.5. The number of pyridine rings is 1. The van der Waals surface area contributed by atoms with Crippen LogP contribution in [0.1, 0.15) is 11.7 Å². The van der Waals surface area contributed by atoms with Crippen molar-refractivity contribution in [1.82, 2.24) is 20.5 Å². The first-order valence-electron chi connectivity index (χ1n) is 9.03. The summed E-state index contributed by atoms with van der Waals surface area (Å²) in [6.45, 7) is 2.00. The van der Waals surface area contributed by atoms with Gasteiger partial charge in [0.05, 0.1) is 24.3 Å². The summed E-state index contributed by atoms with van der Waals surface area (Å²) in [6, 6.07) is 8.03. The summed E-state index contributed by atoms with van der Waals surface area (Å²) >= 11 is 5.81. The van der Waals surface area contributed by atoms with Gasteiger partial charge in [-0.1, -0.05) is 17.7 Å². The normalized spacial score (nSPS) is 19.0. The van der Waals surface area contributed by atoms with Gasteiger partial charge in [0.15, 0.2) is 0 Å². The molecule has 0 radical (unpaired) electrons. The van der Waals surface area contributed by atoms with Crippen LogP contribution in [-0.2, 0) is 4.74 Å². The third-order valence-electron chi connectivity index (χ3n) is 4.56. The Kier molecular flexibility index (Phi) is 7.43. The molecule has 3 aromatic rings. The quantitative estimate of drug-likeness (QED) is 0.608. The summed E-state index contributed by atoms with van der Waals surface area (Å²) in [6.07, 6.45) is 1.18. The molecule has 2 aromatic heterocycles. The SMILES string of the molecule is Cl.O=c1[nH]nc(-c2cccnc2OC[C@@H]2CNCCO[C@H]2c2ccc(Cl)c(F)c2)o1. The maximum absolute atomic E-state index is 14.0. The van der Waals surface area contributed by atoms with Crippen LogP contribution < -0.4 is 15.8 Å². The van der Waals surface area contributed by atoms with Gasteiger partial charge in [0.25, 0.3) is 5.89 Å². The number of aromatic nitrogens is 3. The number of hydrogen-bond donors (Lipinski definition) is 2. The van der Waals surface area contributed by atoms with Gasteiger partial charge in [-0.3, -0.25) is 0 Å². The molecule has 1 fully saturated rings. The maximum atomic E-state index is 14.0. The highest BCUT2D eigenvalue weighted by Crippen LogP contribution is 2.31. The third-order valence-corrected chi connectivity index (χ3v) is 4.86. The number of aromatic amines is 1. The van der Waals surface area contributed by atoms with E-state index < -0.39 is 11.6 Å². The number of ether oxygens (including phenoxy) is 2. The molecule has 0 bridgehead atoms. The second-order valence-electron chi connectivity index (χ2n) is 6.51. The largest absolute Gasteiger partial charge is 0.477 e. The molecule has 30 heavy (non-hydrogen) atoms. The molecule has 0 unspecified atom stereocenters. The molecule has 0 aliphatic carbocycles. The van der Waals surface area contributed by atoms with E-state index >= 15 is 0 Å². The van der Waals surface area contributed by atoms with Gasteiger partial charge < -0.3 is 19.2 Å². The molecule has 4 rings (SSSR count). The van der Waals surface area contributed by atoms with Crippen LogP contribution in [0, 0.1) is 11.7 Å². The molecule has 1 aliphatic rings. The van der Waals surface area contributed by atoms with E-state index in [0.29, 0.717) is 30.8 Å². The van der Waals surface area contributed by atoms with Crippen LogP contribution in [0.3, 0.4) is 0 Å². The Bertz CT molecular complexity index is 1050. The van der Waals surface area contributed by atoms with Crippen molar-refractivity contribution in [3.8, 4) is 17.3 Å². The maximum Gasteiger partial charge on any atom is 0.434 e. The van der Waals surface area contributed by atoms with Crippen molar-refractivity contribution in [2.45, 2.75) is 6.10 Å². The molecule has 0 spiro atoms. The van der Waals surface area contributed by atoms with Gasteiger partial charge in [-0.25, -0.2) is 19.3 Å². The van der Waals surface area contributed by atoms with Crippen LogP contribution in [0.4, 0.5) is 4.39 Å². The van der Waals surface area contributed by atoms with Gasteiger partial charge in [-0.15, -0.1) is 17.5 Å². The summed E-state index contributed by atoms with van der Waals surface area (Å²) in [7, 11) is 0. The summed E-state index contributed by atoms with van der Waals surface area (Å²) in [5, 5.41) is 9.38. The number of benzene rings is 1. The molecule has 2 atom stereocenters. The van der Waals surface area contributed by atoms with Crippen LogP contribution in [-0.4, -0.2) is 41.5 Å². The highest BCUT2D eigenvalue weighted by molar-refractivity contribution is 6.30. The predicted octanol–water partition coefficient (Wildman–Crippen LogP) is 3.00. The average molecular weight is 457 g/mol. The zero-order valence-corrected chi connectivity index (χ0v) is 17.2. The summed E-state index contributed by atoms with van der Waals surface area (Å²) < 4.78 is 30.9. The number of nitrogens with zero attached hydrogens (tertiary/aromatic N) is 2. The van der Waals surface area contributed by atoms with E-state index in [4.69, 9.17) is 25.5 Å². The first kappa shape index (κ1) is 22.2. The zero-order valence-electron chi connectivity index (χ0n) is 15.6. The van der Waals surface area contributed by atoms with Gasteiger partial charge >= 0.3 is 5.76 Å². The molecule has 11 heteroatoms. The van der Waals surface area contributed by atoms with E-state index in [-0.39, 0.29) is 47.8 Å². The Hall–Kier alpha value is -2.46. The predicted molar refractivity (Wildman–Crippen MR) is 110 cm³/mol. The number of rotatable bonds is 5. The molecule has 2 N–H and O–H groups in total. The third kappa shape index (κ3) is 4.99. The van der Waals surface area contributed by atoms with Crippen LogP contribution >= 0.6 is 24.0 Å². The van der Waals surface area contributed by atoms with Crippen molar-refractivity contribution in [3.05, 3.63) is 63.5 Å². The lowest BCUT2D eigenvalue weighted by atomic mass is 9.96. The minimum absolute atomic E-state index is 0. The molecular formula is C19H19Cl2FN4O4. The standard InChI is InChI=1S/C19H18ClFN4O4.ClH/c20-14-4-3-11(8-15(14)21)16-12(9-22-6-7-27-16)10-28-17-13(2-1-5-23-17)18-24-25-19(26)29-18;/h1-5,8,12,16,22H,6-7,9-10H2,(H,25,26);1H/t12-,16-;/m0./s1. The van der Waals surface area contributed by atoms with Gasteiger partial charge in [0.2, 0.25) is 5.88 Å². The van der Waals surface area contributed by atoms with E-state index in [0.717, 1.165) is 0 Å². The molecule has 3 heterocycles. The summed E-state index contributed by atoms with van der Waals surface area (Å²) in [5.41, 5.74) is 1.13. The number of nitrogens with one attached hydrogen (secondary N) is 2. The lowest BCUT2D eigenvalue weighted by Crippen LogP contribution is -2.29. The van der Waals surface area contributed by atoms with Gasteiger partial charge in [-0.05, 0) is 29.8 Å². The number of H-pyrrole nitrogens is 1. The smallest absolute Gasteiger partial charge is 0.434 e. The van der Waals surface area contributed by atoms with Crippen LogP contribution in [0.5, 0.6) is 5.88 Å². The molecule has 0 saturated carbocycles. The van der Waals surface area contributed by atoms with Gasteiger partial charge in [-0.2, -0.15) is 0 Å². The minimum Gasteiger partial charge on any atom is -0.477 e. The second-order valence-corrected chi connectivity index (χ2v) is 6.92. The van der Waals surface area contributed by atoms with E-state index in [9.17, 15) is 9.18 Å². The monoisotopic (exact) mass is 456 g/mol. The summed E-state index contributed by atoms with van der Waals surface area (Å²) in [4.78, 5) is 15.5. The second kappa shape index (κ2) is 10.0. The topological polar surface area (TPSA) is 102 Å². The minimum atomic E-state index is -0.666. The van der Waals surface area contributed by atoms with Crippen molar-refractivity contribution in [3.63, 3.8) is 0 Å². The fourth-order valence-electron chi connectivity index (χ4n) is 3.19. The Morgan fingerprint density at radius 2 is 2.20 bits per heavy atom. The van der Waals surface area contributed by atoms with Crippen molar-refractivity contribution in [1.29, 1.82) is 0 Å². The Morgan fingerprint density at radius 1 is 1.33 bits per heavy atom. The number of halogens is 3. The summed E-state index contributed by atoms with van der Waals surface area (Å²) in [5.74, 6) is -0.928. The molecule has 1 aliphatic heterocycles. The fraction of sp³-hybridized carbons (Fsp3) is 0.316. The van der Waals surface area contributed by atoms with Gasteiger partial charge in [0.1, 0.15) is 11.4 Å². The number of hydrogen-bond acceptors (Lipinski definition) is 7.